The van der Waals surface area contributed by atoms with Gasteiger partial charge in [0.15, 0.2) is 0 Å². The lowest BCUT2D eigenvalue weighted by Gasteiger charge is -2.15. The maximum atomic E-state index is 11.8. The fourth-order valence-electron chi connectivity index (χ4n) is 1.48. The number of aromatic hydroxyl groups is 2. The van der Waals surface area contributed by atoms with Crippen LogP contribution in [0, 0.1) is 0 Å². The zero-order chi connectivity index (χ0) is 10.8. The molecule has 2 N–H and O–H groups in total. The normalized spacial score (nSPS) is 15.6. The second kappa shape index (κ2) is 3.78. The number of amides is 1. The molecule has 0 radical (unpaired) electrons. The van der Waals surface area contributed by atoms with E-state index in [1.807, 2.05) is 0 Å². The number of hydrogen-bond acceptors (Lipinski definition) is 4. The lowest BCUT2D eigenvalue weighted by molar-refractivity contribution is -0.0771. The van der Waals surface area contributed by atoms with Gasteiger partial charge in [0.25, 0.3) is 5.91 Å². The van der Waals surface area contributed by atoms with Crippen LogP contribution in [0.3, 0.4) is 0 Å². The Morgan fingerprint density at radius 3 is 2.53 bits per heavy atom. The van der Waals surface area contributed by atoms with Crippen LogP contribution in [0.5, 0.6) is 11.5 Å². The van der Waals surface area contributed by atoms with E-state index in [-0.39, 0.29) is 17.1 Å². The molecule has 1 fully saturated rings. The Kier molecular flexibility index (Phi) is 2.47. The summed E-state index contributed by atoms with van der Waals surface area (Å²) in [6.45, 7) is 0.965. The van der Waals surface area contributed by atoms with Crippen molar-refractivity contribution in [3.8, 4) is 11.5 Å². The summed E-state index contributed by atoms with van der Waals surface area (Å²) in [6.07, 6.45) is 0.764. The molecule has 80 valence electrons. The van der Waals surface area contributed by atoms with E-state index >= 15 is 0 Å². The molecular weight excluding hydrogens is 198 g/mol. The summed E-state index contributed by atoms with van der Waals surface area (Å²) in [4.78, 5) is 16.8. The molecular formula is C10H11NO4. The number of carbonyl (C=O) groups is 1. The third kappa shape index (κ3) is 1.73. The summed E-state index contributed by atoms with van der Waals surface area (Å²) < 4.78 is 0. The minimum Gasteiger partial charge on any atom is -0.507 e. The zero-order valence-corrected chi connectivity index (χ0v) is 8.01. The maximum absolute atomic E-state index is 11.8. The quantitative estimate of drug-likeness (QED) is 0.720. The number of phenolic OH excluding ortho intramolecular Hbond substituents is 2. The van der Waals surface area contributed by atoms with Gasteiger partial charge in [0.05, 0.1) is 13.2 Å². The van der Waals surface area contributed by atoms with Crippen molar-refractivity contribution in [3.05, 3.63) is 23.8 Å². The van der Waals surface area contributed by atoms with Crippen LogP contribution in [0.15, 0.2) is 18.2 Å². The highest BCUT2D eigenvalue weighted by molar-refractivity contribution is 5.98. The first-order valence-corrected chi connectivity index (χ1v) is 4.66. The molecule has 5 heteroatoms. The molecule has 1 heterocycles. The van der Waals surface area contributed by atoms with Crippen LogP contribution in [0.1, 0.15) is 16.8 Å². The van der Waals surface area contributed by atoms with E-state index in [2.05, 4.69) is 0 Å². The fraction of sp³-hybridized carbons (Fsp3) is 0.300. The molecule has 0 unspecified atom stereocenters. The highest BCUT2D eigenvalue weighted by Crippen LogP contribution is 2.28. The lowest BCUT2D eigenvalue weighted by atomic mass is 10.1. The van der Waals surface area contributed by atoms with Crippen LogP contribution in [-0.4, -0.2) is 34.3 Å². The predicted molar refractivity (Wildman–Crippen MR) is 51.4 cm³/mol. The van der Waals surface area contributed by atoms with Gasteiger partial charge in [0.2, 0.25) is 0 Å². The number of hydrogen-bond donors (Lipinski definition) is 2. The standard InChI is InChI=1S/C10H11NO4/c12-7-3-1-4-8(13)9(7)10(14)11-5-2-6-15-11/h1,3-4,12-13H,2,5-6H2. The molecule has 15 heavy (non-hydrogen) atoms. The van der Waals surface area contributed by atoms with Crippen molar-refractivity contribution in [1.82, 2.24) is 5.06 Å². The second-order valence-electron chi connectivity index (χ2n) is 3.27. The van der Waals surface area contributed by atoms with Gasteiger partial charge in [-0.1, -0.05) is 6.07 Å². The first-order valence-electron chi connectivity index (χ1n) is 4.66. The molecule has 0 aromatic heterocycles. The average Bonchev–Trinajstić information content (AvgIpc) is 2.69. The minimum absolute atomic E-state index is 0.112. The van der Waals surface area contributed by atoms with Gasteiger partial charge in [-0.15, -0.1) is 0 Å². The molecule has 2 rings (SSSR count). The van der Waals surface area contributed by atoms with E-state index in [4.69, 9.17) is 4.84 Å². The van der Waals surface area contributed by atoms with Crippen LogP contribution in [0.2, 0.25) is 0 Å². The molecule has 1 amide bonds. The SMILES string of the molecule is O=C(c1c(O)cccc1O)N1CCCO1. The van der Waals surface area contributed by atoms with Crippen molar-refractivity contribution >= 4 is 5.91 Å². The average molecular weight is 209 g/mol. The van der Waals surface area contributed by atoms with Gasteiger partial charge < -0.3 is 10.2 Å². The predicted octanol–water partition coefficient (Wildman–Crippen LogP) is 0.875. The Bertz CT molecular complexity index is 365. The first-order chi connectivity index (χ1) is 7.20. The molecule has 5 nitrogen and oxygen atoms in total. The molecule has 0 bridgehead atoms. The molecule has 1 aromatic rings. The maximum Gasteiger partial charge on any atom is 0.284 e. The van der Waals surface area contributed by atoms with Crippen LogP contribution in [-0.2, 0) is 4.84 Å². The molecule has 0 spiro atoms. The number of nitrogens with zero attached hydrogens (tertiary/aromatic N) is 1. The molecule has 1 aliphatic rings. The third-order valence-electron chi connectivity index (χ3n) is 2.21. The van der Waals surface area contributed by atoms with Crippen molar-refractivity contribution in [2.45, 2.75) is 6.42 Å². The third-order valence-corrected chi connectivity index (χ3v) is 2.21. The van der Waals surface area contributed by atoms with Gasteiger partial charge in [-0.3, -0.25) is 9.63 Å². The number of phenols is 2. The minimum atomic E-state index is -0.511. The number of benzene rings is 1. The fourth-order valence-corrected chi connectivity index (χ4v) is 1.48. The zero-order valence-electron chi connectivity index (χ0n) is 8.01. The molecule has 1 aromatic carbocycles. The Balaban J connectivity index is 2.32. The summed E-state index contributed by atoms with van der Waals surface area (Å²) in [7, 11) is 0. The molecule has 0 atom stereocenters. The van der Waals surface area contributed by atoms with Crippen LogP contribution < -0.4 is 0 Å². The van der Waals surface area contributed by atoms with Gasteiger partial charge in [-0.25, -0.2) is 5.06 Å². The van der Waals surface area contributed by atoms with E-state index in [0.717, 1.165) is 11.5 Å². The number of carbonyl (C=O) groups excluding carboxylic acids is 1. The van der Waals surface area contributed by atoms with Gasteiger partial charge >= 0.3 is 0 Å². The van der Waals surface area contributed by atoms with Crippen molar-refractivity contribution in [1.29, 1.82) is 0 Å². The summed E-state index contributed by atoms with van der Waals surface area (Å²) >= 11 is 0. The molecule has 1 aliphatic heterocycles. The van der Waals surface area contributed by atoms with E-state index in [1.165, 1.54) is 18.2 Å². The van der Waals surface area contributed by atoms with Gasteiger partial charge in [-0.05, 0) is 18.6 Å². The van der Waals surface area contributed by atoms with Crippen molar-refractivity contribution in [2.75, 3.05) is 13.2 Å². The van der Waals surface area contributed by atoms with E-state index in [9.17, 15) is 15.0 Å². The Morgan fingerprint density at radius 1 is 1.33 bits per heavy atom. The Hall–Kier alpha value is -1.75. The summed E-state index contributed by atoms with van der Waals surface area (Å²) in [5.74, 6) is -0.992. The lowest BCUT2D eigenvalue weighted by Crippen LogP contribution is -2.26. The topological polar surface area (TPSA) is 70.0 Å². The summed E-state index contributed by atoms with van der Waals surface area (Å²) in [6, 6.07) is 4.17. The first kappa shape index (κ1) is 9.79. The van der Waals surface area contributed by atoms with E-state index < -0.39 is 5.91 Å². The molecule has 0 saturated carbocycles. The highest BCUT2D eigenvalue weighted by Gasteiger charge is 2.25. The van der Waals surface area contributed by atoms with E-state index in [1.54, 1.807) is 0 Å². The largest absolute Gasteiger partial charge is 0.507 e. The van der Waals surface area contributed by atoms with Crippen molar-refractivity contribution < 1.29 is 19.8 Å². The summed E-state index contributed by atoms with van der Waals surface area (Å²) in [5.41, 5.74) is -0.112. The van der Waals surface area contributed by atoms with E-state index in [0.29, 0.717) is 13.2 Å². The molecule has 1 saturated heterocycles. The van der Waals surface area contributed by atoms with Crippen molar-refractivity contribution in [2.24, 2.45) is 0 Å². The van der Waals surface area contributed by atoms with Crippen LogP contribution in [0.4, 0.5) is 0 Å². The van der Waals surface area contributed by atoms with Crippen LogP contribution >= 0.6 is 0 Å². The number of rotatable bonds is 1. The van der Waals surface area contributed by atoms with Gasteiger partial charge in [-0.2, -0.15) is 0 Å². The Morgan fingerprint density at radius 2 is 2.00 bits per heavy atom. The second-order valence-corrected chi connectivity index (χ2v) is 3.27. The molecule has 0 aliphatic carbocycles. The number of hydroxylamine groups is 2. The monoisotopic (exact) mass is 209 g/mol. The van der Waals surface area contributed by atoms with Gasteiger partial charge in [0, 0.05) is 0 Å². The Labute approximate surface area is 86.5 Å². The summed E-state index contributed by atoms with van der Waals surface area (Å²) in [5, 5.41) is 20.1. The van der Waals surface area contributed by atoms with Crippen molar-refractivity contribution in [3.63, 3.8) is 0 Å². The van der Waals surface area contributed by atoms with Crippen LogP contribution in [0.25, 0.3) is 0 Å². The van der Waals surface area contributed by atoms with Gasteiger partial charge in [0.1, 0.15) is 17.1 Å². The smallest absolute Gasteiger partial charge is 0.284 e. The highest BCUT2D eigenvalue weighted by atomic mass is 16.7.